The summed E-state index contributed by atoms with van der Waals surface area (Å²) in [4.78, 5) is 188. The number of nitrogens with one attached hydrogen (secondary N) is 4. The molecule has 24 N–H and O–H groups in total. The van der Waals surface area contributed by atoms with Crippen molar-refractivity contribution in [2.45, 2.75) is 264 Å². The number of aromatic nitrogens is 8. The summed E-state index contributed by atoms with van der Waals surface area (Å²) in [5.74, 6) is 0. The SMILES string of the molecule is CC1C[C@H](N)C(O)[C@@H](OP(=O)([O-])OP(=O)(O)OC[C@H]2O[C@@H](n3ccc(=O)[nH]c3=O)C(O)[C@H]2O)O1.CC1C[C@H](O)C(O)[C@@H](OP(=O)([O-])OP(=O)(O)OC[C@H]2O[C@@H](n3ccc(=O)[nH]c3=O)C(O)[C@H]2O)O1.Cc1cn([C@H]2C[C@@H](O)[C@@H](COP(=O)(O)OP(=O)([O-])O[C@H]3OC(C)C[C@H](N)C3O)O2)c(=O)[nH]c1=O.Cc1cn([C@H]2C[C@@H](O)[C@@H](COP(=O)(O)OP(=O)([O-])O[C@H]3OC(C)C[C@H](O)C3O)O2)c(=O)[nH]c1=O. The molecule has 8 aliphatic rings. The van der Waals surface area contributed by atoms with E-state index in [-0.39, 0.29) is 49.7 Å². The zero-order chi connectivity index (χ0) is 102. The molecule has 0 amide bonds. The summed E-state index contributed by atoms with van der Waals surface area (Å²) < 4.78 is 194. The van der Waals surface area contributed by atoms with E-state index < -0.39 is 318 Å². The molecule has 0 saturated carbocycles. The largest absolute Gasteiger partial charge is 0.756 e. The van der Waals surface area contributed by atoms with Gasteiger partial charge in [-0.05, 0) is 54.4 Å². The minimum Gasteiger partial charge on any atom is -0.756 e. The van der Waals surface area contributed by atoms with E-state index in [1.807, 2.05) is 9.97 Å². The lowest BCUT2D eigenvalue weighted by atomic mass is 10.0. The first-order chi connectivity index (χ1) is 62.7. The summed E-state index contributed by atoms with van der Waals surface area (Å²) in [6.45, 7) is 5.35. The Morgan fingerprint density at radius 3 is 0.904 bits per heavy atom. The molecule has 0 bridgehead atoms. The van der Waals surface area contributed by atoms with E-state index in [9.17, 15) is 175 Å². The van der Waals surface area contributed by atoms with Gasteiger partial charge in [0, 0.05) is 85.8 Å². The number of ether oxygens (including phenoxy) is 8. The third-order valence-corrected chi connectivity index (χ3v) is 30.5. The number of nitrogens with two attached hydrogens (primary N) is 2. The number of aromatic amines is 4. The molecule has 0 radical (unpaired) electrons. The fourth-order valence-corrected chi connectivity index (χ4v) is 22.0. The highest BCUT2D eigenvalue weighted by Crippen LogP contribution is 2.63. The fourth-order valence-electron chi connectivity index (χ4n) is 13.6. The van der Waals surface area contributed by atoms with E-state index in [0.717, 1.165) is 42.8 Å². The van der Waals surface area contributed by atoms with Crippen LogP contribution >= 0.6 is 62.6 Å². The zero-order valence-electron chi connectivity index (χ0n) is 70.9. The highest BCUT2D eigenvalue weighted by Gasteiger charge is 2.51. The van der Waals surface area contributed by atoms with Gasteiger partial charge in [-0.15, -0.1) is 0 Å². The standard InChI is InChI=1S/C16H27N3O13P2.C16H26N2O14P2.C15H25N3O14P2.C15H24N2O15P2/c1-7-5-19(16(23)18-14(7)22)12-4-10(20)11(30-12)6-28-33(24,25)32-34(26,27)31-15-13(21)9(17)3-8(2)29-15;1-7-5-18(16(23)17-14(7)22)12-4-9(19)11(30-12)6-28-33(24,25)32-34(26,27)31-15-13(21)10(20)3-8(2)29-15;1-6-4-7(16)10(20)14(29-6)31-34(26,27)32-33(24,25)28-5-8-11(21)12(22)13(30-8)18-3-2-9(19)17-15(18)23;1-6-4-7(18)10(20)14(29-6)31-34(26,27)32-33(24,25)28-5-8-11(21)12(22)13(30-8)17-3-2-9(19)16-15(17)23/h5,8-13,15,20-21H,3-4,6,17H2,1-2H3,(H,24,25)(H,26,27)(H,18,22,23);5,8-13,15,19-21H,3-4,6H2,1-2H3,(H,24,25)(H,26,27)(H,17,22,23);2-3,6-8,10-14,20-22H,4-5,16H2,1H3,(H,24,25)(H,26,27)(H,17,19,23);2-3,6-8,10-14,18,20-22H,4-5H2,1H3,(H,24,25)(H,26,27)(H,16,19,23)/p-4/t8?,9-,10+,11+,12+,13?,15+;8?,9-,10+,11-,12-,13?,15-;2*6?,7-,8+,10?,11-,12?,13+,14+/m0100/s1. The quantitative estimate of drug-likeness (QED) is 0.0202. The number of hydrogen-bond acceptors (Lipinski definition) is 54. The van der Waals surface area contributed by atoms with Gasteiger partial charge in [-0.3, -0.25) is 112 Å². The Bertz CT molecular complexity index is 5350. The van der Waals surface area contributed by atoms with Gasteiger partial charge in [0.2, 0.25) is 0 Å². The molecule has 38 atom stereocenters. The Morgan fingerprint density at radius 2 is 0.618 bits per heavy atom. The van der Waals surface area contributed by atoms with E-state index in [2.05, 4.69) is 63.4 Å². The van der Waals surface area contributed by atoms with Crippen molar-refractivity contribution >= 4 is 62.6 Å². The molecule has 18 unspecified atom stereocenters. The predicted octanol–water partition coefficient (Wildman–Crippen LogP) is -10.9. The molecule has 4 aromatic rings. The van der Waals surface area contributed by atoms with Crippen LogP contribution in [0, 0.1) is 13.8 Å². The second-order valence-electron chi connectivity index (χ2n) is 31.2. The summed E-state index contributed by atoms with van der Waals surface area (Å²) in [6.07, 6.45) is -35.0. The minimum absolute atomic E-state index is 0.00209. The Kier molecular flexibility index (Phi) is 39.3. The van der Waals surface area contributed by atoms with E-state index >= 15 is 0 Å². The van der Waals surface area contributed by atoms with Crippen molar-refractivity contribution in [1.29, 1.82) is 0 Å². The minimum atomic E-state index is -5.65. The van der Waals surface area contributed by atoms with Crippen LogP contribution in [0.2, 0.25) is 0 Å². The lowest BCUT2D eigenvalue weighted by Gasteiger charge is -2.38. The highest BCUT2D eigenvalue weighted by atomic mass is 31.3. The van der Waals surface area contributed by atoms with E-state index in [1.54, 1.807) is 6.92 Å². The van der Waals surface area contributed by atoms with Gasteiger partial charge in [0.25, 0.3) is 53.5 Å². The number of aliphatic hydroxyl groups excluding tert-OH is 12. The van der Waals surface area contributed by atoms with Crippen molar-refractivity contribution < 1.29 is 228 Å². The first-order valence-corrected chi connectivity index (χ1v) is 51.5. The zero-order valence-corrected chi connectivity index (χ0v) is 78.0. The number of phosphoric acid groups is 8. The molecule has 776 valence electrons. The van der Waals surface area contributed by atoms with Crippen molar-refractivity contribution in [3.63, 3.8) is 0 Å². The third-order valence-electron chi connectivity index (χ3n) is 20.2. The molecule has 0 aromatic carbocycles. The van der Waals surface area contributed by atoms with Gasteiger partial charge in [0.15, 0.2) is 37.6 Å². The van der Waals surface area contributed by atoms with Crippen LogP contribution in [0.3, 0.4) is 0 Å². The number of phosphoric ester groups is 8. The van der Waals surface area contributed by atoms with Crippen molar-refractivity contribution in [2.75, 3.05) is 26.4 Å². The summed E-state index contributed by atoms with van der Waals surface area (Å²) >= 11 is 0. The van der Waals surface area contributed by atoms with Crippen LogP contribution in [0.5, 0.6) is 0 Å². The number of aryl methyl sites for hydroxylation is 2. The maximum absolute atomic E-state index is 12.1. The average molecular weight is 2130 g/mol. The summed E-state index contributed by atoms with van der Waals surface area (Å²) in [7, 11) is -43.8. The van der Waals surface area contributed by atoms with Gasteiger partial charge in [0.1, 0.15) is 85.7 Å². The van der Waals surface area contributed by atoms with Crippen LogP contribution in [0.25, 0.3) is 0 Å². The van der Waals surface area contributed by atoms with Gasteiger partial charge in [-0.2, -0.15) is 0 Å². The van der Waals surface area contributed by atoms with Crippen LogP contribution in [0.1, 0.15) is 102 Å². The number of rotatable bonds is 32. The van der Waals surface area contributed by atoms with Crippen molar-refractivity contribution in [3.05, 3.63) is 131 Å². The molecule has 74 heteroatoms. The molecular weight excluding hydrogens is 2030 g/mol. The Hall–Kier alpha value is -5.12. The fraction of sp³-hybridized carbons (Fsp3) is 0.742. The lowest BCUT2D eigenvalue weighted by Crippen LogP contribution is -2.52. The van der Waals surface area contributed by atoms with Crippen LogP contribution in [-0.4, -0.2) is 305 Å². The van der Waals surface area contributed by atoms with Gasteiger partial charge in [-0.1, -0.05) is 0 Å². The highest BCUT2D eigenvalue weighted by molar-refractivity contribution is 7.62. The van der Waals surface area contributed by atoms with E-state index in [1.165, 1.54) is 47.0 Å². The topological polar surface area (TPSA) is 1010 Å². The van der Waals surface area contributed by atoms with Gasteiger partial charge in [0.05, 0.1) is 75.3 Å². The maximum atomic E-state index is 12.1. The molecule has 8 aliphatic heterocycles. The van der Waals surface area contributed by atoms with Gasteiger partial charge in [-0.25, -0.2) is 54.7 Å². The molecule has 4 aromatic heterocycles. The average Bonchev–Trinajstić information content (AvgIpc) is 1.65. The first kappa shape index (κ1) is 114. The Labute approximate surface area is 759 Å². The molecule has 8 fully saturated rings. The molecular formula is C62H98N10O56P8-4. The van der Waals surface area contributed by atoms with Crippen molar-refractivity contribution in [1.82, 2.24) is 38.2 Å². The number of nitrogens with zero attached hydrogens (tertiary/aromatic N) is 4. The number of H-pyrrole nitrogens is 4. The lowest BCUT2D eigenvalue weighted by molar-refractivity contribution is -0.277. The number of aliphatic hydroxyl groups is 12. The third kappa shape index (κ3) is 31.9. The molecule has 136 heavy (non-hydrogen) atoms. The summed E-state index contributed by atoms with van der Waals surface area (Å²) in [5.41, 5.74) is 5.54. The predicted molar refractivity (Wildman–Crippen MR) is 426 cm³/mol. The molecule has 8 saturated heterocycles. The van der Waals surface area contributed by atoms with Crippen molar-refractivity contribution in [3.8, 4) is 0 Å². The van der Waals surface area contributed by atoms with Crippen LogP contribution in [0.4, 0.5) is 0 Å². The van der Waals surface area contributed by atoms with E-state index in [4.69, 9.17) is 49.4 Å². The molecule has 12 heterocycles. The first-order valence-electron chi connectivity index (χ1n) is 39.6. The second-order valence-corrected chi connectivity index (χ2v) is 43.0. The van der Waals surface area contributed by atoms with Gasteiger partial charge >= 0.3 is 54.0 Å². The van der Waals surface area contributed by atoms with Crippen LogP contribution in [-0.2, 0) is 128 Å². The Balaban J connectivity index is 0.000000203. The monoisotopic (exact) mass is 2130 g/mol. The van der Waals surface area contributed by atoms with E-state index in [0.29, 0.717) is 0 Å². The molecule has 66 nitrogen and oxygen atoms in total. The van der Waals surface area contributed by atoms with Crippen molar-refractivity contribution in [2.24, 2.45) is 11.5 Å². The maximum Gasteiger partial charge on any atom is 0.478 e. The Morgan fingerprint density at radius 1 is 0.353 bits per heavy atom. The van der Waals surface area contributed by atoms with Crippen LogP contribution in [0.15, 0.2) is 75.3 Å². The van der Waals surface area contributed by atoms with Gasteiger partial charge < -0.3 is 150 Å². The normalized spacial score (nSPS) is 36.6. The molecule has 12 rings (SSSR count). The number of hydrogen-bond donors (Lipinski definition) is 22. The smallest absolute Gasteiger partial charge is 0.478 e. The molecule has 0 spiro atoms. The van der Waals surface area contributed by atoms with Crippen LogP contribution < -0.4 is 76.0 Å². The summed E-state index contributed by atoms with van der Waals surface area (Å²) in [6, 6.07) is 0.150. The summed E-state index contributed by atoms with van der Waals surface area (Å²) in [5, 5.41) is 120. The molecule has 0 aliphatic carbocycles. The second kappa shape index (κ2) is 46.7.